The van der Waals surface area contributed by atoms with E-state index in [2.05, 4.69) is 6.92 Å². The first-order chi connectivity index (χ1) is 5.31. The highest BCUT2D eigenvalue weighted by Crippen LogP contribution is 1.94. The zero-order valence-corrected chi connectivity index (χ0v) is 7.34. The summed E-state index contributed by atoms with van der Waals surface area (Å²) in [6, 6.07) is 0. The van der Waals surface area contributed by atoms with Crippen LogP contribution in [0.1, 0.15) is 33.1 Å². The van der Waals surface area contributed by atoms with Crippen molar-refractivity contribution in [2.75, 3.05) is 0 Å². The Balaban J connectivity index is 3.48. The molecule has 0 saturated heterocycles. The van der Waals surface area contributed by atoms with Crippen LogP contribution in [0.5, 0.6) is 0 Å². The summed E-state index contributed by atoms with van der Waals surface area (Å²) >= 11 is 0. The fourth-order valence-corrected chi connectivity index (χ4v) is 0.741. The van der Waals surface area contributed by atoms with E-state index in [9.17, 15) is 4.79 Å². The molecular formula is C10H16O. The number of hydrogen-bond acceptors (Lipinski definition) is 1. The summed E-state index contributed by atoms with van der Waals surface area (Å²) in [4.78, 5) is 10.8. The number of carbonyl (C=O) groups is 1. The van der Waals surface area contributed by atoms with Crippen LogP contribution in [-0.4, -0.2) is 5.78 Å². The second-order valence-corrected chi connectivity index (χ2v) is 2.45. The number of carbonyl (C=O) groups excluding carboxylic acids is 1. The van der Waals surface area contributed by atoms with E-state index in [0.717, 1.165) is 6.42 Å². The normalized spacial score (nSPS) is 11.5. The molecule has 0 aliphatic carbocycles. The molecule has 0 radical (unpaired) electrons. The zero-order chi connectivity index (χ0) is 8.53. The van der Waals surface area contributed by atoms with Gasteiger partial charge in [-0.15, -0.1) is 0 Å². The monoisotopic (exact) mass is 152 g/mol. The van der Waals surface area contributed by atoms with Crippen molar-refractivity contribution in [2.45, 2.75) is 33.1 Å². The van der Waals surface area contributed by atoms with Gasteiger partial charge in [-0.25, -0.2) is 0 Å². The first-order valence-electron chi connectivity index (χ1n) is 4.14. The molecule has 0 spiro atoms. The second kappa shape index (κ2) is 7.26. The van der Waals surface area contributed by atoms with E-state index in [4.69, 9.17) is 0 Å². The second-order valence-electron chi connectivity index (χ2n) is 2.45. The Morgan fingerprint density at radius 2 is 2.09 bits per heavy atom. The Labute approximate surface area is 68.8 Å². The molecule has 0 aromatic rings. The number of rotatable bonds is 5. The third-order valence-corrected chi connectivity index (χ3v) is 1.34. The van der Waals surface area contributed by atoms with Crippen molar-refractivity contribution in [1.82, 2.24) is 0 Å². The van der Waals surface area contributed by atoms with Gasteiger partial charge in [-0.2, -0.15) is 0 Å². The number of ketones is 1. The molecule has 0 fully saturated rings. The third-order valence-electron chi connectivity index (χ3n) is 1.34. The van der Waals surface area contributed by atoms with Crippen molar-refractivity contribution in [3.8, 4) is 0 Å². The van der Waals surface area contributed by atoms with Gasteiger partial charge in [-0.05, 0) is 25.5 Å². The van der Waals surface area contributed by atoms with Crippen LogP contribution >= 0.6 is 0 Å². The maximum absolute atomic E-state index is 10.8. The van der Waals surface area contributed by atoms with E-state index in [1.165, 1.54) is 12.8 Å². The zero-order valence-electron chi connectivity index (χ0n) is 7.34. The summed E-state index contributed by atoms with van der Waals surface area (Å²) < 4.78 is 0. The molecule has 0 aromatic heterocycles. The van der Waals surface area contributed by atoms with Crippen LogP contribution in [0.15, 0.2) is 24.3 Å². The van der Waals surface area contributed by atoms with E-state index in [-0.39, 0.29) is 5.78 Å². The Hall–Kier alpha value is -0.850. The molecule has 0 heterocycles. The number of allylic oxidation sites excluding steroid dienone is 4. The van der Waals surface area contributed by atoms with Crippen LogP contribution in [0, 0.1) is 0 Å². The van der Waals surface area contributed by atoms with Gasteiger partial charge < -0.3 is 0 Å². The lowest BCUT2D eigenvalue weighted by Crippen LogP contribution is -1.83. The van der Waals surface area contributed by atoms with Crippen LogP contribution in [0.3, 0.4) is 0 Å². The molecular weight excluding hydrogens is 136 g/mol. The first kappa shape index (κ1) is 10.2. The van der Waals surface area contributed by atoms with Gasteiger partial charge in [0.2, 0.25) is 0 Å². The molecule has 0 amide bonds. The standard InChI is InChI=1S/C10H16O/c1-3-5-6-7-9-10(11)8-4-2/h4,7-9H,3,5-6H2,1-2H3/b8-4+,9-7-. The van der Waals surface area contributed by atoms with Crippen LogP contribution in [0.25, 0.3) is 0 Å². The highest BCUT2D eigenvalue weighted by molar-refractivity contribution is 5.98. The minimum Gasteiger partial charge on any atom is -0.290 e. The summed E-state index contributed by atoms with van der Waals surface area (Å²) in [5, 5.41) is 0. The molecule has 0 rings (SSSR count). The van der Waals surface area contributed by atoms with Crippen molar-refractivity contribution in [1.29, 1.82) is 0 Å². The lowest BCUT2D eigenvalue weighted by Gasteiger charge is -1.86. The van der Waals surface area contributed by atoms with E-state index in [0.29, 0.717) is 0 Å². The Morgan fingerprint density at radius 3 is 2.64 bits per heavy atom. The van der Waals surface area contributed by atoms with Gasteiger partial charge >= 0.3 is 0 Å². The quantitative estimate of drug-likeness (QED) is 0.437. The summed E-state index contributed by atoms with van der Waals surface area (Å²) in [7, 11) is 0. The van der Waals surface area contributed by atoms with Gasteiger partial charge in [0, 0.05) is 0 Å². The predicted octanol–water partition coefficient (Wildman–Crippen LogP) is 2.88. The first-order valence-corrected chi connectivity index (χ1v) is 4.14. The SMILES string of the molecule is C/C=C/C(=O)/C=C\CCCC. The lowest BCUT2D eigenvalue weighted by atomic mass is 10.2. The minimum absolute atomic E-state index is 0.0867. The minimum atomic E-state index is 0.0867. The van der Waals surface area contributed by atoms with Gasteiger partial charge in [0.25, 0.3) is 0 Å². The summed E-state index contributed by atoms with van der Waals surface area (Å²) in [5.74, 6) is 0.0867. The lowest BCUT2D eigenvalue weighted by molar-refractivity contribution is -0.110. The van der Waals surface area contributed by atoms with Crippen LogP contribution in [-0.2, 0) is 4.79 Å². The van der Waals surface area contributed by atoms with Crippen molar-refractivity contribution in [3.63, 3.8) is 0 Å². The molecule has 0 aliphatic heterocycles. The average molecular weight is 152 g/mol. The van der Waals surface area contributed by atoms with Gasteiger partial charge in [0.1, 0.15) is 0 Å². The average Bonchev–Trinajstić information content (AvgIpc) is 1.99. The fraction of sp³-hybridized carbons (Fsp3) is 0.500. The van der Waals surface area contributed by atoms with Crippen molar-refractivity contribution < 1.29 is 4.79 Å². The van der Waals surface area contributed by atoms with Crippen molar-refractivity contribution in [3.05, 3.63) is 24.3 Å². The fourth-order valence-electron chi connectivity index (χ4n) is 0.741. The molecule has 0 aromatic carbocycles. The van der Waals surface area contributed by atoms with Crippen molar-refractivity contribution in [2.24, 2.45) is 0 Å². The van der Waals surface area contributed by atoms with Crippen LogP contribution < -0.4 is 0 Å². The van der Waals surface area contributed by atoms with Gasteiger partial charge in [-0.1, -0.05) is 31.9 Å². The molecule has 11 heavy (non-hydrogen) atoms. The smallest absolute Gasteiger partial charge is 0.177 e. The van der Waals surface area contributed by atoms with E-state index in [1.54, 1.807) is 18.2 Å². The summed E-state index contributed by atoms with van der Waals surface area (Å²) in [5.41, 5.74) is 0. The van der Waals surface area contributed by atoms with E-state index in [1.807, 2.05) is 13.0 Å². The topological polar surface area (TPSA) is 17.1 Å². The molecule has 0 bridgehead atoms. The third kappa shape index (κ3) is 7.04. The number of hydrogen-bond donors (Lipinski definition) is 0. The molecule has 1 heteroatoms. The Bertz CT molecular complexity index is 154. The summed E-state index contributed by atoms with van der Waals surface area (Å²) in [6.45, 7) is 3.99. The van der Waals surface area contributed by atoms with E-state index >= 15 is 0 Å². The van der Waals surface area contributed by atoms with Gasteiger partial charge in [-0.3, -0.25) is 4.79 Å². The molecule has 0 atom stereocenters. The summed E-state index contributed by atoms with van der Waals surface area (Å²) in [6.07, 6.45) is 10.3. The molecule has 0 unspecified atom stereocenters. The van der Waals surface area contributed by atoms with Gasteiger partial charge in [0.15, 0.2) is 5.78 Å². The highest BCUT2D eigenvalue weighted by Gasteiger charge is 1.84. The number of unbranched alkanes of at least 4 members (excludes halogenated alkanes) is 2. The van der Waals surface area contributed by atoms with Gasteiger partial charge in [0.05, 0.1) is 0 Å². The van der Waals surface area contributed by atoms with E-state index < -0.39 is 0 Å². The van der Waals surface area contributed by atoms with Crippen molar-refractivity contribution >= 4 is 5.78 Å². The molecule has 0 N–H and O–H groups in total. The molecule has 1 nitrogen and oxygen atoms in total. The predicted molar refractivity (Wildman–Crippen MR) is 48.5 cm³/mol. The maximum Gasteiger partial charge on any atom is 0.177 e. The Morgan fingerprint density at radius 1 is 1.36 bits per heavy atom. The highest BCUT2D eigenvalue weighted by atomic mass is 16.1. The van der Waals surface area contributed by atoms with Crippen LogP contribution in [0.2, 0.25) is 0 Å². The maximum atomic E-state index is 10.8. The molecule has 0 aliphatic rings. The largest absolute Gasteiger partial charge is 0.290 e. The molecule has 0 saturated carbocycles. The Kier molecular flexibility index (Phi) is 6.70. The molecule has 62 valence electrons. The van der Waals surface area contributed by atoms with Crippen LogP contribution in [0.4, 0.5) is 0 Å².